The molecule has 4 nitrogen and oxygen atoms in total. The van der Waals surface area contributed by atoms with Gasteiger partial charge in [-0.25, -0.2) is 0 Å². The Bertz CT molecular complexity index is 182. The minimum Gasteiger partial charge on any atom is -0.384 e. The van der Waals surface area contributed by atoms with Crippen LogP contribution in [0.15, 0.2) is 0 Å². The van der Waals surface area contributed by atoms with Gasteiger partial charge in [0.2, 0.25) is 0 Å². The van der Waals surface area contributed by atoms with Crippen molar-refractivity contribution >= 4 is 0 Å². The van der Waals surface area contributed by atoms with Gasteiger partial charge in [0.25, 0.3) is 0 Å². The average Bonchev–Trinajstić information content (AvgIpc) is 2.30. The number of methoxy groups -OCH3 is 1. The lowest BCUT2D eigenvalue weighted by Gasteiger charge is -2.34. The first-order valence-electron chi connectivity index (χ1n) is 6.74. The predicted octanol–water partition coefficient (Wildman–Crippen LogP) is 1.74. The zero-order valence-electron chi connectivity index (χ0n) is 11.5. The maximum absolute atomic E-state index is 5.59. The van der Waals surface area contributed by atoms with E-state index in [1.165, 1.54) is 12.8 Å². The normalized spacial score (nSPS) is 22.2. The molecule has 0 aromatic carbocycles. The molecule has 0 N–H and O–H groups in total. The number of rotatable bonds is 8. The second kappa shape index (κ2) is 8.86. The van der Waals surface area contributed by atoms with Crippen molar-refractivity contribution in [2.75, 3.05) is 46.6 Å². The van der Waals surface area contributed by atoms with Crippen molar-refractivity contribution in [2.45, 2.75) is 33.0 Å². The van der Waals surface area contributed by atoms with Gasteiger partial charge in [-0.1, -0.05) is 0 Å². The number of piperidine rings is 1. The number of hydrogen-bond acceptors (Lipinski definition) is 4. The summed E-state index contributed by atoms with van der Waals surface area (Å²) in [6, 6.07) is 0. The summed E-state index contributed by atoms with van der Waals surface area (Å²) in [7, 11) is 1.78. The fourth-order valence-electron chi connectivity index (χ4n) is 2.42. The summed E-state index contributed by atoms with van der Waals surface area (Å²) in [4.78, 5) is 2.43. The Hall–Kier alpha value is -0.160. The monoisotopic (exact) mass is 245 g/mol. The second-order valence-corrected chi connectivity index (χ2v) is 4.56. The van der Waals surface area contributed by atoms with Crippen LogP contribution in [-0.4, -0.2) is 57.8 Å². The highest BCUT2D eigenvalue weighted by Gasteiger charge is 2.22. The van der Waals surface area contributed by atoms with Gasteiger partial charge in [0.15, 0.2) is 6.29 Å². The first-order chi connectivity index (χ1) is 8.30. The molecule has 0 aromatic rings. The molecule has 0 amide bonds. The summed E-state index contributed by atoms with van der Waals surface area (Å²) in [5.41, 5.74) is 0. The van der Waals surface area contributed by atoms with E-state index >= 15 is 0 Å². The van der Waals surface area contributed by atoms with E-state index in [1.807, 2.05) is 13.8 Å². The summed E-state index contributed by atoms with van der Waals surface area (Å²) in [5, 5.41) is 0. The van der Waals surface area contributed by atoms with Crippen molar-refractivity contribution < 1.29 is 14.2 Å². The van der Waals surface area contributed by atoms with Crippen molar-refractivity contribution in [1.29, 1.82) is 0 Å². The van der Waals surface area contributed by atoms with Crippen LogP contribution in [0.4, 0.5) is 0 Å². The molecule has 1 aliphatic heterocycles. The molecule has 1 atom stereocenters. The zero-order valence-corrected chi connectivity index (χ0v) is 11.5. The maximum atomic E-state index is 5.59. The van der Waals surface area contributed by atoms with Crippen LogP contribution in [0, 0.1) is 5.92 Å². The van der Waals surface area contributed by atoms with E-state index < -0.39 is 0 Å². The van der Waals surface area contributed by atoms with Crippen LogP contribution in [0.3, 0.4) is 0 Å². The molecule has 0 aromatic heterocycles. The summed E-state index contributed by atoms with van der Waals surface area (Å²) >= 11 is 0. The molecule has 1 heterocycles. The zero-order chi connectivity index (χ0) is 12.5. The molecule has 1 saturated heterocycles. The van der Waals surface area contributed by atoms with Crippen LogP contribution >= 0.6 is 0 Å². The lowest BCUT2D eigenvalue weighted by molar-refractivity contribution is -0.150. The molecule has 0 saturated carbocycles. The van der Waals surface area contributed by atoms with E-state index in [2.05, 4.69) is 4.90 Å². The predicted molar refractivity (Wildman–Crippen MR) is 68.1 cm³/mol. The first-order valence-corrected chi connectivity index (χ1v) is 6.74. The van der Waals surface area contributed by atoms with Gasteiger partial charge in [-0.3, -0.25) is 4.90 Å². The Morgan fingerprint density at radius 2 is 1.94 bits per heavy atom. The van der Waals surface area contributed by atoms with Crippen LogP contribution in [0.1, 0.15) is 26.7 Å². The van der Waals surface area contributed by atoms with Gasteiger partial charge >= 0.3 is 0 Å². The Kier molecular flexibility index (Phi) is 7.77. The van der Waals surface area contributed by atoms with E-state index in [-0.39, 0.29) is 6.29 Å². The quantitative estimate of drug-likeness (QED) is 0.610. The molecule has 1 fully saturated rings. The Morgan fingerprint density at radius 3 is 2.53 bits per heavy atom. The minimum absolute atomic E-state index is 0.0775. The van der Waals surface area contributed by atoms with Gasteiger partial charge in [-0.05, 0) is 39.2 Å². The van der Waals surface area contributed by atoms with Gasteiger partial charge in [0.05, 0.1) is 6.61 Å². The van der Waals surface area contributed by atoms with Crippen molar-refractivity contribution in [1.82, 2.24) is 4.90 Å². The molecular weight excluding hydrogens is 218 g/mol. The van der Waals surface area contributed by atoms with Gasteiger partial charge in [0.1, 0.15) is 0 Å². The van der Waals surface area contributed by atoms with Crippen LogP contribution in [0.5, 0.6) is 0 Å². The highest BCUT2D eigenvalue weighted by atomic mass is 16.7. The summed E-state index contributed by atoms with van der Waals surface area (Å²) in [5.74, 6) is 0.664. The topological polar surface area (TPSA) is 30.9 Å². The highest BCUT2D eigenvalue weighted by molar-refractivity contribution is 4.73. The molecule has 0 bridgehead atoms. The molecule has 17 heavy (non-hydrogen) atoms. The average molecular weight is 245 g/mol. The number of ether oxygens (including phenoxy) is 3. The smallest absolute Gasteiger partial charge is 0.170 e. The number of hydrogen-bond donors (Lipinski definition) is 0. The van der Waals surface area contributed by atoms with Crippen molar-refractivity contribution in [3.05, 3.63) is 0 Å². The molecule has 0 spiro atoms. The maximum Gasteiger partial charge on any atom is 0.170 e. The first kappa shape index (κ1) is 14.9. The largest absolute Gasteiger partial charge is 0.384 e. The van der Waals surface area contributed by atoms with Gasteiger partial charge in [-0.2, -0.15) is 0 Å². The van der Waals surface area contributed by atoms with E-state index in [0.29, 0.717) is 19.1 Å². The third-order valence-electron chi connectivity index (χ3n) is 3.12. The van der Waals surface area contributed by atoms with E-state index in [9.17, 15) is 0 Å². The van der Waals surface area contributed by atoms with Gasteiger partial charge in [-0.15, -0.1) is 0 Å². The standard InChI is InChI=1S/C13H27NO3/c1-4-16-13(17-5-2)10-14-8-6-7-12(9-14)11-15-3/h12-13H,4-11H2,1-3H3. The molecule has 4 heteroatoms. The third kappa shape index (κ3) is 5.82. The Labute approximate surface area is 105 Å². The molecule has 1 aliphatic rings. The lowest BCUT2D eigenvalue weighted by Crippen LogP contribution is -2.42. The van der Waals surface area contributed by atoms with Crippen molar-refractivity contribution in [2.24, 2.45) is 5.92 Å². The Balaban J connectivity index is 2.32. The minimum atomic E-state index is -0.0775. The fourth-order valence-corrected chi connectivity index (χ4v) is 2.42. The lowest BCUT2D eigenvalue weighted by atomic mass is 9.99. The van der Waals surface area contributed by atoms with E-state index in [0.717, 1.165) is 26.2 Å². The van der Waals surface area contributed by atoms with E-state index in [4.69, 9.17) is 14.2 Å². The number of nitrogens with zero attached hydrogens (tertiary/aromatic N) is 1. The van der Waals surface area contributed by atoms with Gasteiger partial charge in [0, 0.05) is 33.4 Å². The van der Waals surface area contributed by atoms with Crippen LogP contribution in [-0.2, 0) is 14.2 Å². The molecule has 1 unspecified atom stereocenters. The summed E-state index contributed by atoms with van der Waals surface area (Å²) < 4.78 is 16.4. The molecule has 0 radical (unpaired) electrons. The van der Waals surface area contributed by atoms with Crippen LogP contribution < -0.4 is 0 Å². The fraction of sp³-hybridized carbons (Fsp3) is 1.00. The summed E-state index contributed by atoms with van der Waals surface area (Å²) in [6.45, 7) is 9.43. The van der Waals surface area contributed by atoms with Crippen LogP contribution in [0.25, 0.3) is 0 Å². The SMILES string of the molecule is CCOC(CN1CCCC(COC)C1)OCC. The molecule has 0 aliphatic carbocycles. The van der Waals surface area contributed by atoms with E-state index in [1.54, 1.807) is 7.11 Å². The van der Waals surface area contributed by atoms with Crippen molar-refractivity contribution in [3.8, 4) is 0 Å². The molecule has 102 valence electrons. The van der Waals surface area contributed by atoms with Crippen LogP contribution in [0.2, 0.25) is 0 Å². The van der Waals surface area contributed by atoms with Gasteiger partial charge < -0.3 is 14.2 Å². The highest BCUT2D eigenvalue weighted by Crippen LogP contribution is 2.17. The number of likely N-dealkylation sites (tertiary alicyclic amines) is 1. The molecule has 1 rings (SSSR count). The summed E-state index contributed by atoms with van der Waals surface area (Å²) in [6.07, 6.45) is 2.45. The third-order valence-corrected chi connectivity index (χ3v) is 3.12. The molecular formula is C13H27NO3. The Morgan fingerprint density at radius 1 is 1.24 bits per heavy atom. The second-order valence-electron chi connectivity index (χ2n) is 4.56. The van der Waals surface area contributed by atoms with Crippen molar-refractivity contribution in [3.63, 3.8) is 0 Å².